The normalized spacial score (nSPS) is 18.4. The molecule has 12 heteroatoms. The van der Waals surface area contributed by atoms with Crippen LogP contribution >= 0.6 is 11.3 Å². The lowest BCUT2D eigenvalue weighted by atomic mass is 10.0. The molecule has 0 spiro atoms. The summed E-state index contributed by atoms with van der Waals surface area (Å²) in [4.78, 5) is 39.8. The molecule has 2 aromatic heterocycles. The number of hydrogen-bond acceptors (Lipinski definition) is 8. The number of rotatable bonds is 8. The zero-order valence-corrected chi connectivity index (χ0v) is 25.1. The van der Waals surface area contributed by atoms with Crippen LogP contribution in [0.2, 0.25) is 0 Å². The maximum absolute atomic E-state index is 13.4. The van der Waals surface area contributed by atoms with Crippen LogP contribution in [0.25, 0.3) is 10.4 Å². The molecule has 216 valence electrons. The first-order valence-electron chi connectivity index (χ1n) is 14.1. The predicted molar refractivity (Wildman–Crippen MR) is 159 cm³/mol. The highest BCUT2D eigenvalue weighted by Crippen LogP contribution is 2.42. The van der Waals surface area contributed by atoms with Gasteiger partial charge < -0.3 is 10.2 Å². The largest absolute Gasteiger partial charge is 0.331 e. The molecule has 0 radical (unpaired) electrons. The summed E-state index contributed by atoms with van der Waals surface area (Å²) in [6, 6.07) is 9.12. The van der Waals surface area contributed by atoms with E-state index in [4.69, 9.17) is 4.98 Å². The molecule has 2 amide bonds. The van der Waals surface area contributed by atoms with Gasteiger partial charge in [-0.25, -0.2) is 23.1 Å². The van der Waals surface area contributed by atoms with E-state index in [-0.39, 0.29) is 28.3 Å². The number of aromatic nitrogens is 2. The molecule has 1 aliphatic carbocycles. The van der Waals surface area contributed by atoms with Gasteiger partial charge in [0.15, 0.2) is 5.13 Å². The standard InChI is InChI=1S/C29H34N6O4S2/c1-17-27(40-29(31-17)33-23-8-7-9-24(32-23)34-13-6-4-5-10-25(34)36)20-14-21-16-35(18(2)19-11-12-19)28(37)26(21)22(15-20)41(38,39)30-3/h7-9,14-15,18-19,30H,4-6,10-13,16H2,1-3H3,(H,31,32,33)/t18-/m0/s1. The average molecular weight is 595 g/mol. The Labute approximate surface area is 244 Å². The van der Waals surface area contributed by atoms with Gasteiger partial charge in [0, 0.05) is 25.6 Å². The van der Waals surface area contributed by atoms with E-state index in [1.165, 1.54) is 18.4 Å². The molecule has 1 aromatic carbocycles. The van der Waals surface area contributed by atoms with Gasteiger partial charge in [0.1, 0.15) is 11.6 Å². The Morgan fingerprint density at radius 3 is 2.66 bits per heavy atom. The first-order valence-corrected chi connectivity index (χ1v) is 16.4. The van der Waals surface area contributed by atoms with Crippen LogP contribution in [-0.4, -0.2) is 54.7 Å². The third kappa shape index (κ3) is 5.35. The van der Waals surface area contributed by atoms with Crippen LogP contribution in [0, 0.1) is 12.8 Å². The third-order valence-electron chi connectivity index (χ3n) is 8.23. The number of amides is 2. The fraction of sp³-hybridized carbons (Fsp3) is 0.448. The Balaban J connectivity index is 1.32. The van der Waals surface area contributed by atoms with Gasteiger partial charge in [0.05, 0.1) is 21.0 Å². The fourth-order valence-corrected chi connectivity index (χ4v) is 7.70. The molecule has 0 unspecified atom stereocenters. The van der Waals surface area contributed by atoms with Crippen molar-refractivity contribution in [2.45, 2.75) is 69.9 Å². The zero-order chi connectivity index (χ0) is 28.9. The molecule has 2 aliphatic heterocycles. The molecule has 1 saturated heterocycles. The van der Waals surface area contributed by atoms with E-state index in [2.05, 4.69) is 15.0 Å². The number of hydrogen-bond donors (Lipinski definition) is 2. The van der Waals surface area contributed by atoms with Crippen molar-refractivity contribution in [2.75, 3.05) is 23.8 Å². The highest BCUT2D eigenvalue weighted by atomic mass is 32.2. The number of carbonyl (C=O) groups is 2. The fourth-order valence-electron chi connectivity index (χ4n) is 5.75. The highest BCUT2D eigenvalue weighted by Gasteiger charge is 2.41. The Hall–Kier alpha value is -3.35. The molecule has 0 bridgehead atoms. The SMILES string of the molecule is CNS(=O)(=O)c1cc(-c2sc(Nc3cccc(N4CCCCCC4=O)n3)nc2C)cc2c1C(=O)N([C@@H](C)C1CC1)C2. The van der Waals surface area contributed by atoms with Crippen LogP contribution in [0.15, 0.2) is 35.2 Å². The van der Waals surface area contributed by atoms with Crippen molar-refractivity contribution in [2.24, 2.45) is 5.92 Å². The number of aryl methyl sites for hydroxylation is 1. The van der Waals surface area contributed by atoms with Gasteiger partial charge >= 0.3 is 0 Å². The summed E-state index contributed by atoms with van der Waals surface area (Å²) in [5.74, 6) is 1.52. The van der Waals surface area contributed by atoms with Crippen LogP contribution in [0.1, 0.15) is 67.1 Å². The van der Waals surface area contributed by atoms with E-state index >= 15 is 0 Å². The number of fused-ring (bicyclic) bond motifs is 1. The van der Waals surface area contributed by atoms with Gasteiger partial charge in [-0.15, -0.1) is 0 Å². The Morgan fingerprint density at radius 1 is 1.10 bits per heavy atom. The summed E-state index contributed by atoms with van der Waals surface area (Å²) >= 11 is 1.39. The molecular weight excluding hydrogens is 560 g/mol. The summed E-state index contributed by atoms with van der Waals surface area (Å²) in [5.41, 5.74) is 2.41. The Morgan fingerprint density at radius 2 is 1.90 bits per heavy atom. The number of anilines is 3. The monoisotopic (exact) mass is 594 g/mol. The van der Waals surface area contributed by atoms with Gasteiger partial charge in [-0.3, -0.25) is 14.5 Å². The summed E-state index contributed by atoms with van der Waals surface area (Å²) in [6.45, 7) is 4.97. The lowest BCUT2D eigenvalue weighted by Crippen LogP contribution is -2.35. The van der Waals surface area contributed by atoms with Crippen molar-refractivity contribution < 1.29 is 18.0 Å². The quantitative estimate of drug-likeness (QED) is 0.383. The number of benzene rings is 1. The third-order valence-corrected chi connectivity index (χ3v) is 10.8. The van der Waals surface area contributed by atoms with Gasteiger partial charge in [0.2, 0.25) is 15.9 Å². The molecular formula is C29H34N6O4S2. The molecule has 3 aliphatic rings. The van der Waals surface area contributed by atoms with Crippen molar-refractivity contribution in [3.05, 3.63) is 47.2 Å². The molecule has 2 fully saturated rings. The lowest BCUT2D eigenvalue weighted by Gasteiger charge is -2.24. The molecule has 41 heavy (non-hydrogen) atoms. The predicted octanol–water partition coefficient (Wildman–Crippen LogP) is 4.83. The van der Waals surface area contributed by atoms with E-state index in [9.17, 15) is 18.0 Å². The molecule has 10 nitrogen and oxygen atoms in total. The summed E-state index contributed by atoms with van der Waals surface area (Å²) in [6.07, 6.45) is 5.61. The van der Waals surface area contributed by atoms with Gasteiger partial charge in [0.25, 0.3) is 5.91 Å². The summed E-state index contributed by atoms with van der Waals surface area (Å²) in [7, 11) is -2.53. The number of sulfonamides is 1. The maximum atomic E-state index is 13.4. The van der Waals surface area contributed by atoms with Crippen molar-refractivity contribution in [1.82, 2.24) is 19.6 Å². The average Bonchev–Trinajstić information content (AvgIpc) is 3.71. The molecule has 3 aromatic rings. The highest BCUT2D eigenvalue weighted by molar-refractivity contribution is 7.89. The summed E-state index contributed by atoms with van der Waals surface area (Å²) < 4.78 is 28.6. The molecule has 6 rings (SSSR count). The lowest BCUT2D eigenvalue weighted by molar-refractivity contribution is -0.118. The molecule has 4 heterocycles. The minimum absolute atomic E-state index is 0.00166. The van der Waals surface area contributed by atoms with Crippen molar-refractivity contribution in [3.8, 4) is 10.4 Å². The Kier molecular flexibility index (Phi) is 7.33. The molecule has 1 saturated carbocycles. The number of thiazole rings is 1. The smallest absolute Gasteiger partial charge is 0.256 e. The van der Waals surface area contributed by atoms with Crippen molar-refractivity contribution in [3.63, 3.8) is 0 Å². The van der Waals surface area contributed by atoms with E-state index in [1.807, 2.05) is 38.1 Å². The second-order valence-electron chi connectivity index (χ2n) is 11.0. The van der Waals surface area contributed by atoms with Crippen LogP contribution in [0.4, 0.5) is 16.8 Å². The van der Waals surface area contributed by atoms with E-state index in [0.717, 1.165) is 42.7 Å². The second kappa shape index (κ2) is 10.8. The van der Waals surface area contributed by atoms with E-state index < -0.39 is 10.0 Å². The second-order valence-corrected chi connectivity index (χ2v) is 13.9. The van der Waals surface area contributed by atoms with Crippen LogP contribution < -0.4 is 14.9 Å². The van der Waals surface area contributed by atoms with Crippen LogP contribution in [-0.2, 0) is 21.4 Å². The minimum Gasteiger partial charge on any atom is -0.331 e. The van der Waals surface area contributed by atoms with Gasteiger partial charge in [-0.05, 0) is 87.9 Å². The topological polar surface area (TPSA) is 125 Å². The Bertz CT molecular complexity index is 1630. The number of carbonyl (C=O) groups excluding carboxylic acids is 2. The van der Waals surface area contributed by atoms with Crippen molar-refractivity contribution >= 4 is 49.9 Å². The number of nitrogens with zero attached hydrogens (tertiary/aromatic N) is 4. The van der Waals surface area contributed by atoms with Gasteiger partial charge in [-0.1, -0.05) is 23.8 Å². The first-order chi connectivity index (χ1) is 19.7. The van der Waals surface area contributed by atoms with E-state index in [1.54, 1.807) is 15.9 Å². The van der Waals surface area contributed by atoms with Gasteiger partial charge in [-0.2, -0.15) is 0 Å². The van der Waals surface area contributed by atoms with Crippen LogP contribution in [0.5, 0.6) is 0 Å². The molecule has 2 N–H and O–H groups in total. The van der Waals surface area contributed by atoms with Crippen LogP contribution in [0.3, 0.4) is 0 Å². The first kappa shape index (κ1) is 27.8. The number of nitrogens with one attached hydrogen (secondary N) is 2. The summed E-state index contributed by atoms with van der Waals surface area (Å²) in [5, 5.41) is 3.87. The molecule has 1 atom stereocenters. The minimum atomic E-state index is -3.89. The zero-order valence-electron chi connectivity index (χ0n) is 23.4. The number of pyridine rings is 1. The van der Waals surface area contributed by atoms with Crippen molar-refractivity contribution in [1.29, 1.82) is 0 Å². The van der Waals surface area contributed by atoms with E-state index in [0.29, 0.717) is 53.3 Å². The maximum Gasteiger partial charge on any atom is 0.256 e.